The number of carbonyl (C=O) groups is 1. The molecule has 4 rings (SSSR count). The van der Waals surface area contributed by atoms with Crippen LogP contribution >= 0.6 is 0 Å². The third-order valence-corrected chi connectivity index (χ3v) is 5.77. The predicted molar refractivity (Wildman–Crippen MR) is 117 cm³/mol. The molecule has 6 nitrogen and oxygen atoms in total. The molecule has 32 heavy (non-hydrogen) atoms. The highest BCUT2D eigenvalue weighted by molar-refractivity contribution is 5.68. The van der Waals surface area contributed by atoms with E-state index in [9.17, 15) is 9.18 Å². The average molecular weight is 438 g/mol. The van der Waals surface area contributed by atoms with Crippen LogP contribution in [0.2, 0.25) is 0 Å². The molecule has 2 aromatic rings. The van der Waals surface area contributed by atoms with Crippen molar-refractivity contribution in [2.45, 2.75) is 57.8 Å². The second-order valence-electron chi connectivity index (χ2n) is 9.34. The molecule has 0 saturated carbocycles. The molecule has 1 atom stereocenters. The average Bonchev–Trinajstić information content (AvgIpc) is 3.09. The molecule has 0 aromatic heterocycles. The summed E-state index contributed by atoms with van der Waals surface area (Å²) in [7, 11) is 0. The summed E-state index contributed by atoms with van der Waals surface area (Å²) in [6.45, 7) is 15.5. The Morgan fingerprint density at radius 1 is 1.22 bits per heavy atom. The van der Waals surface area contributed by atoms with Gasteiger partial charge in [0.2, 0.25) is 0 Å². The summed E-state index contributed by atoms with van der Waals surface area (Å²) in [5.41, 5.74) is 0.939. The number of ether oxygens (including phenoxy) is 3. The smallest absolute Gasteiger partial charge is 0.410 e. The molecule has 1 saturated heterocycles. The molecule has 2 heterocycles. The number of benzene rings is 2. The van der Waals surface area contributed by atoms with Gasteiger partial charge in [0.05, 0.1) is 12.1 Å². The Kier molecular flexibility index (Phi) is 5.49. The monoisotopic (exact) mass is 438 g/mol. The van der Waals surface area contributed by atoms with Crippen LogP contribution in [0.1, 0.15) is 57.6 Å². The summed E-state index contributed by atoms with van der Waals surface area (Å²) >= 11 is 0. The molecule has 0 N–H and O–H groups in total. The van der Waals surface area contributed by atoms with Gasteiger partial charge in [0.15, 0.2) is 17.2 Å². The first-order valence-corrected chi connectivity index (χ1v) is 10.8. The molecule has 1 fully saturated rings. The van der Waals surface area contributed by atoms with Crippen LogP contribution in [0.5, 0.6) is 11.5 Å². The predicted octanol–water partition coefficient (Wildman–Crippen LogP) is 6.14. The fourth-order valence-corrected chi connectivity index (χ4v) is 4.22. The highest BCUT2D eigenvalue weighted by atomic mass is 19.1. The van der Waals surface area contributed by atoms with Crippen molar-refractivity contribution >= 4 is 11.8 Å². The Morgan fingerprint density at radius 2 is 1.94 bits per heavy atom. The lowest BCUT2D eigenvalue weighted by molar-refractivity contribution is -0.0711. The van der Waals surface area contributed by atoms with Crippen molar-refractivity contribution < 1.29 is 23.4 Å². The molecule has 168 valence electrons. The van der Waals surface area contributed by atoms with Crippen molar-refractivity contribution in [2.75, 3.05) is 13.1 Å². The van der Waals surface area contributed by atoms with Gasteiger partial charge >= 0.3 is 6.09 Å². The Bertz CT molecular complexity index is 1080. The highest BCUT2D eigenvalue weighted by Crippen LogP contribution is 2.49. The van der Waals surface area contributed by atoms with Gasteiger partial charge in [0.1, 0.15) is 11.4 Å². The molecule has 0 radical (unpaired) electrons. The fraction of sp³-hybridized carbons (Fsp3) is 0.440. The van der Waals surface area contributed by atoms with Crippen LogP contribution in [-0.2, 0) is 10.5 Å². The third-order valence-electron chi connectivity index (χ3n) is 5.77. The van der Waals surface area contributed by atoms with E-state index in [-0.39, 0.29) is 23.3 Å². The lowest BCUT2D eigenvalue weighted by atomic mass is 9.89. The van der Waals surface area contributed by atoms with Gasteiger partial charge in [-0.25, -0.2) is 14.0 Å². The van der Waals surface area contributed by atoms with Crippen LogP contribution in [0.3, 0.4) is 0 Å². The van der Waals surface area contributed by atoms with Gasteiger partial charge in [-0.3, -0.25) is 0 Å². The van der Waals surface area contributed by atoms with E-state index < -0.39 is 17.2 Å². The van der Waals surface area contributed by atoms with Crippen LogP contribution in [0, 0.1) is 12.4 Å². The Morgan fingerprint density at radius 3 is 2.56 bits per heavy atom. The maximum absolute atomic E-state index is 14.7. The largest absolute Gasteiger partial charge is 0.444 e. The summed E-state index contributed by atoms with van der Waals surface area (Å²) in [5, 5.41) is 0. The van der Waals surface area contributed by atoms with Crippen molar-refractivity contribution in [3.05, 3.63) is 64.8 Å². The normalized spacial score (nSPS) is 20.7. The molecule has 1 amide bonds. The summed E-state index contributed by atoms with van der Waals surface area (Å²) in [5.74, 6) is -0.502. The van der Waals surface area contributed by atoms with Crippen molar-refractivity contribution in [1.82, 2.24) is 4.90 Å². The topological polar surface area (TPSA) is 52.4 Å². The van der Waals surface area contributed by atoms with Gasteiger partial charge in [-0.15, -0.1) is 0 Å². The van der Waals surface area contributed by atoms with Crippen molar-refractivity contribution in [1.29, 1.82) is 0 Å². The number of rotatable bonds is 2. The number of carbonyl (C=O) groups excluding carboxylic acids is 1. The zero-order chi connectivity index (χ0) is 23.1. The summed E-state index contributed by atoms with van der Waals surface area (Å²) in [4.78, 5) is 17.4. The van der Waals surface area contributed by atoms with Crippen molar-refractivity contribution in [3.63, 3.8) is 0 Å². The molecular formula is C25H27FN2O4. The van der Waals surface area contributed by atoms with E-state index in [2.05, 4.69) is 4.85 Å². The maximum atomic E-state index is 14.7. The number of fused-ring (bicyclic) bond motifs is 1. The number of likely N-dealkylation sites (tertiary alicyclic amines) is 1. The number of nitrogens with zero attached hydrogens (tertiary/aromatic N) is 2. The number of amides is 1. The summed E-state index contributed by atoms with van der Waals surface area (Å²) < 4.78 is 32.5. The van der Waals surface area contributed by atoms with E-state index in [1.165, 1.54) is 12.1 Å². The van der Waals surface area contributed by atoms with Crippen LogP contribution in [-0.4, -0.2) is 29.7 Å². The summed E-state index contributed by atoms with van der Waals surface area (Å²) in [6.07, 6.45) is 1.24. The second-order valence-corrected chi connectivity index (χ2v) is 9.34. The zero-order valence-corrected chi connectivity index (χ0v) is 18.8. The van der Waals surface area contributed by atoms with E-state index in [0.717, 1.165) is 18.4 Å². The summed E-state index contributed by atoms with van der Waals surface area (Å²) in [6, 6.07) is 10.00. The Balaban J connectivity index is 1.51. The highest BCUT2D eigenvalue weighted by Gasteiger charge is 2.43. The lowest BCUT2D eigenvalue weighted by Gasteiger charge is -2.34. The van der Waals surface area contributed by atoms with Gasteiger partial charge in [0, 0.05) is 25.6 Å². The van der Waals surface area contributed by atoms with Crippen LogP contribution in [0.15, 0.2) is 36.4 Å². The number of para-hydroxylation sites is 1. The van der Waals surface area contributed by atoms with E-state index in [0.29, 0.717) is 24.6 Å². The minimum Gasteiger partial charge on any atom is -0.444 e. The van der Waals surface area contributed by atoms with Crippen molar-refractivity contribution in [3.8, 4) is 11.5 Å². The van der Waals surface area contributed by atoms with Crippen LogP contribution in [0.25, 0.3) is 4.85 Å². The second kappa shape index (κ2) is 8.01. The maximum Gasteiger partial charge on any atom is 0.410 e. The minimum atomic E-state index is -1.32. The standard InChI is InChI=1S/C25H27FN2O4/c1-24(2,3)32-23(29)28-13-11-16(12-14-28)18-7-6-8-21-22(18)31-25(4,30-21)19-10-9-17(27-5)15-20(19)26/h6-10,15-16H,11-14H2,1-4H3. The van der Waals surface area contributed by atoms with Gasteiger partial charge < -0.3 is 19.1 Å². The number of halogens is 1. The molecule has 7 heteroatoms. The molecule has 2 aliphatic rings. The van der Waals surface area contributed by atoms with Crippen LogP contribution in [0.4, 0.5) is 14.9 Å². The van der Waals surface area contributed by atoms with Gasteiger partial charge in [0.25, 0.3) is 5.79 Å². The van der Waals surface area contributed by atoms with E-state index in [4.69, 9.17) is 20.8 Å². The quantitative estimate of drug-likeness (QED) is 0.529. The van der Waals surface area contributed by atoms with Gasteiger partial charge in [-0.05, 0) is 51.7 Å². The van der Waals surface area contributed by atoms with E-state index >= 15 is 0 Å². The molecule has 0 bridgehead atoms. The van der Waals surface area contributed by atoms with Gasteiger partial charge in [-0.2, -0.15) is 0 Å². The Labute approximate surface area is 187 Å². The molecule has 0 spiro atoms. The number of hydrogen-bond donors (Lipinski definition) is 0. The molecule has 1 unspecified atom stereocenters. The van der Waals surface area contributed by atoms with E-state index in [1.807, 2.05) is 39.0 Å². The minimum absolute atomic E-state index is 0.184. The first-order valence-electron chi connectivity index (χ1n) is 10.8. The van der Waals surface area contributed by atoms with Crippen LogP contribution < -0.4 is 9.47 Å². The van der Waals surface area contributed by atoms with Gasteiger partial charge in [-0.1, -0.05) is 24.3 Å². The first-order chi connectivity index (χ1) is 15.1. The molecular weight excluding hydrogens is 411 g/mol. The molecule has 2 aliphatic heterocycles. The lowest BCUT2D eigenvalue weighted by Crippen LogP contribution is -2.41. The zero-order valence-electron chi connectivity index (χ0n) is 18.8. The van der Waals surface area contributed by atoms with Crippen molar-refractivity contribution in [2.24, 2.45) is 0 Å². The SMILES string of the molecule is [C-]#[N+]c1ccc(C2(C)Oc3cccc(C4CCN(C(=O)OC(C)(C)C)CC4)c3O2)c(F)c1. The number of hydrogen-bond acceptors (Lipinski definition) is 4. The van der Waals surface area contributed by atoms with E-state index in [1.54, 1.807) is 17.9 Å². The number of piperidine rings is 1. The molecule has 0 aliphatic carbocycles. The Hall–Kier alpha value is -3.27. The third kappa shape index (κ3) is 4.22. The fourth-order valence-electron chi connectivity index (χ4n) is 4.22. The molecule has 2 aromatic carbocycles. The first kappa shape index (κ1) is 21.9.